The van der Waals surface area contributed by atoms with E-state index in [0.29, 0.717) is 0 Å². The molecule has 14 heavy (non-hydrogen) atoms. The lowest BCUT2D eigenvalue weighted by molar-refractivity contribution is 0.168. The third-order valence-electron chi connectivity index (χ3n) is 3.18. The summed E-state index contributed by atoms with van der Waals surface area (Å²) in [5, 5.41) is 8.76. The van der Waals surface area contributed by atoms with Crippen LogP contribution in [0.1, 0.15) is 32.6 Å². The van der Waals surface area contributed by atoms with E-state index < -0.39 is 0 Å². The van der Waals surface area contributed by atoms with Gasteiger partial charge in [0, 0.05) is 25.7 Å². The van der Waals surface area contributed by atoms with E-state index in [1.807, 2.05) is 0 Å². The molecule has 0 aromatic heterocycles. The van der Waals surface area contributed by atoms with Crippen LogP contribution in [0.25, 0.3) is 0 Å². The smallest absolute Gasteiger partial charge is 0.0446 e. The van der Waals surface area contributed by atoms with Gasteiger partial charge in [0.1, 0.15) is 0 Å². The van der Waals surface area contributed by atoms with E-state index in [4.69, 9.17) is 10.8 Å². The maximum atomic E-state index is 8.76. The molecule has 1 atom stereocenters. The largest absolute Gasteiger partial charge is 0.396 e. The molecule has 3 N–H and O–H groups in total. The van der Waals surface area contributed by atoms with Crippen molar-refractivity contribution < 1.29 is 5.11 Å². The summed E-state index contributed by atoms with van der Waals surface area (Å²) in [7, 11) is 0. The zero-order valence-corrected chi connectivity index (χ0v) is 9.28. The molecule has 3 heteroatoms. The van der Waals surface area contributed by atoms with Gasteiger partial charge in [-0.2, -0.15) is 0 Å². The number of aliphatic hydroxyl groups excluding tert-OH is 1. The maximum Gasteiger partial charge on any atom is 0.0446 e. The van der Waals surface area contributed by atoms with Crippen molar-refractivity contribution >= 4 is 0 Å². The van der Waals surface area contributed by atoms with Crippen LogP contribution in [0.3, 0.4) is 0 Å². The Morgan fingerprint density at radius 1 is 1.50 bits per heavy atom. The number of hydrogen-bond acceptors (Lipinski definition) is 3. The Hall–Kier alpha value is -0.120. The highest BCUT2D eigenvalue weighted by Crippen LogP contribution is 2.26. The van der Waals surface area contributed by atoms with Crippen LogP contribution < -0.4 is 5.73 Å². The summed E-state index contributed by atoms with van der Waals surface area (Å²) in [6, 6.07) is 0.139. The van der Waals surface area contributed by atoms with E-state index in [9.17, 15) is 0 Å². The average molecular weight is 200 g/mol. The number of aliphatic hydroxyl groups is 1. The Kier molecular flexibility index (Phi) is 5.45. The second kappa shape index (κ2) is 6.38. The van der Waals surface area contributed by atoms with Gasteiger partial charge in [-0.05, 0) is 31.7 Å². The van der Waals surface area contributed by atoms with Gasteiger partial charge in [0.2, 0.25) is 0 Å². The van der Waals surface area contributed by atoms with Crippen molar-refractivity contribution in [3.8, 4) is 0 Å². The molecule has 1 saturated carbocycles. The summed E-state index contributed by atoms with van der Waals surface area (Å²) < 4.78 is 0. The van der Waals surface area contributed by atoms with E-state index in [0.717, 1.165) is 25.4 Å². The molecule has 0 bridgehead atoms. The van der Waals surface area contributed by atoms with Crippen LogP contribution in [0.15, 0.2) is 0 Å². The Morgan fingerprint density at radius 2 is 2.21 bits per heavy atom. The molecule has 1 aliphatic carbocycles. The molecule has 0 aromatic rings. The standard InChI is InChI=1S/C11H24N2O/c1-2-13(8-10-4-3-5-10)9-11(12)6-7-14/h10-11,14H,2-9,12H2,1H3. The van der Waals surface area contributed by atoms with Crippen molar-refractivity contribution in [3.05, 3.63) is 0 Å². The highest BCUT2D eigenvalue weighted by molar-refractivity contribution is 4.75. The van der Waals surface area contributed by atoms with Gasteiger partial charge in [-0.25, -0.2) is 0 Å². The summed E-state index contributed by atoms with van der Waals surface area (Å²) in [5.41, 5.74) is 5.89. The van der Waals surface area contributed by atoms with Crippen LogP contribution in [0, 0.1) is 5.92 Å². The third kappa shape index (κ3) is 3.95. The molecule has 84 valence electrons. The zero-order valence-electron chi connectivity index (χ0n) is 9.28. The van der Waals surface area contributed by atoms with Crippen LogP contribution in [0.4, 0.5) is 0 Å². The van der Waals surface area contributed by atoms with Crippen LogP contribution >= 0.6 is 0 Å². The number of rotatable bonds is 7. The quantitative estimate of drug-likeness (QED) is 0.639. The van der Waals surface area contributed by atoms with Crippen molar-refractivity contribution in [1.29, 1.82) is 0 Å². The summed E-state index contributed by atoms with van der Waals surface area (Å²) >= 11 is 0. The summed E-state index contributed by atoms with van der Waals surface area (Å²) in [5.74, 6) is 0.913. The lowest BCUT2D eigenvalue weighted by atomic mass is 9.85. The van der Waals surface area contributed by atoms with Crippen molar-refractivity contribution in [1.82, 2.24) is 4.90 Å². The molecule has 1 aliphatic rings. The molecule has 0 spiro atoms. The number of hydrogen-bond donors (Lipinski definition) is 2. The predicted molar refractivity (Wildman–Crippen MR) is 59.1 cm³/mol. The first-order valence-electron chi connectivity index (χ1n) is 5.85. The summed E-state index contributed by atoms with van der Waals surface area (Å²) in [4.78, 5) is 2.42. The normalized spacial score (nSPS) is 19.7. The molecule has 1 rings (SSSR count). The Bertz CT molecular complexity index is 148. The van der Waals surface area contributed by atoms with Gasteiger partial charge < -0.3 is 15.7 Å². The second-order valence-corrected chi connectivity index (χ2v) is 4.42. The van der Waals surface area contributed by atoms with E-state index in [1.54, 1.807) is 0 Å². The molecule has 1 fully saturated rings. The second-order valence-electron chi connectivity index (χ2n) is 4.42. The van der Waals surface area contributed by atoms with E-state index in [-0.39, 0.29) is 12.6 Å². The maximum absolute atomic E-state index is 8.76. The number of nitrogens with zero attached hydrogens (tertiary/aromatic N) is 1. The molecule has 3 nitrogen and oxygen atoms in total. The van der Waals surface area contributed by atoms with E-state index in [1.165, 1.54) is 25.8 Å². The van der Waals surface area contributed by atoms with Crippen molar-refractivity contribution in [3.63, 3.8) is 0 Å². The SMILES string of the molecule is CCN(CC(N)CCO)CC1CCC1. The highest BCUT2D eigenvalue weighted by atomic mass is 16.3. The highest BCUT2D eigenvalue weighted by Gasteiger charge is 2.20. The number of nitrogens with two attached hydrogens (primary N) is 1. The topological polar surface area (TPSA) is 49.5 Å². The fourth-order valence-corrected chi connectivity index (χ4v) is 1.96. The minimum absolute atomic E-state index is 0.139. The predicted octanol–water partition coefficient (Wildman–Crippen LogP) is 0.818. The molecule has 0 aromatic carbocycles. The number of likely N-dealkylation sites (N-methyl/N-ethyl adjacent to an activating group) is 1. The third-order valence-corrected chi connectivity index (χ3v) is 3.18. The summed E-state index contributed by atoms with van der Waals surface area (Å²) in [6.45, 7) is 5.62. The van der Waals surface area contributed by atoms with E-state index >= 15 is 0 Å². The summed E-state index contributed by atoms with van der Waals surface area (Å²) in [6.07, 6.45) is 4.92. The first kappa shape index (κ1) is 12.0. The van der Waals surface area contributed by atoms with Crippen molar-refractivity contribution in [2.75, 3.05) is 26.2 Å². The van der Waals surface area contributed by atoms with Gasteiger partial charge in [-0.1, -0.05) is 13.3 Å². The van der Waals surface area contributed by atoms with Gasteiger partial charge in [0.25, 0.3) is 0 Å². The molecule has 0 aliphatic heterocycles. The average Bonchev–Trinajstić information content (AvgIpc) is 2.09. The van der Waals surface area contributed by atoms with Crippen LogP contribution in [0.5, 0.6) is 0 Å². The van der Waals surface area contributed by atoms with E-state index in [2.05, 4.69) is 11.8 Å². The van der Waals surface area contributed by atoms with Crippen LogP contribution in [0.2, 0.25) is 0 Å². The van der Waals surface area contributed by atoms with Gasteiger partial charge in [0.05, 0.1) is 0 Å². The van der Waals surface area contributed by atoms with Gasteiger partial charge in [0.15, 0.2) is 0 Å². The minimum atomic E-state index is 0.139. The fraction of sp³-hybridized carbons (Fsp3) is 1.00. The molecule has 0 heterocycles. The Balaban J connectivity index is 2.15. The van der Waals surface area contributed by atoms with Crippen LogP contribution in [-0.4, -0.2) is 42.3 Å². The monoisotopic (exact) mass is 200 g/mol. The Morgan fingerprint density at radius 3 is 2.64 bits per heavy atom. The zero-order chi connectivity index (χ0) is 10.4. The molecule has 0 saturated heterocycles. The molecular weight excluding hydrogens is 176 g/mol. The molecule has 1 unspecified atom stereocenters. The first-order chi connectivity index (χ1) is 6.76. The van der Waals surface area contributed by atoms with Gasteiger partial charge in [-0.3, -0.25) is 0 Å². The molecular formula is C11H24N2O. The van der Waals surface area contributed by atoms with Crippen molar-refractivity contribution in [2.45, 2.75) is 38.6 Å². The first-order valence-corrected chi connectivity index (χ1v) is 5.85. The fourth-order valence-electron chi connectivity index (χ4n) is 1.96. The van der Waals surface area contributed by atoms with Gasteiger partial charge in [-0.15, -0.1) is 0 Å². The Labute approximate surface area is 87.3 Å². The molecule has 0 radical (unpaired) electrons. The van der Waals surface area contributed by atoms with Crippen LogP contribution in [-0.2, 0) is 0 Å². The molecule has 0 amide bonds. The lowest BCUT2D eigenvalue weighted by Crippen LogP contribution is -2.41. The minimum Gasteiger partial charge on any atom is -0.396 e. The van der Waals surface area contributed by atoms with Gasteiger partial charge >= 0.3 is 0 Å². The van der Waals surface area contributed by atoms with Crippen molar-refractivity contribution in [2.24, 2.45) is 11.7 Å². The lowest BCUT2D eigenvalue weighted by Gasteiger charge is -2.33.